The van der Waals surface area contributed by atoms with Crippen molar-refractivity contribution >= 4 is 17.3 Å². The second-order valence-corrected chi connectivity index (χ2v) is 4.99. The summed E-state index contributed by atoms with van der Waals surface area (Å²) in [4.78, 5) is 10.8. The number of aromatic nitrogens is 2. The fourth-order valence-corrected chi connectivity index (χ4v) is 1.87. The van der Waals surface area contributed by atoms with E-state index in [0.29, 0.717) is 17.2 Å². The number of hydrazine groups is 1. The van der Waals surface area contributed by atoms with Crippen LogP contribution in [0.3, 0.4) is 0 Å². The van der Waals surface area contributed by atoms with Gasteiger partial charge >= 0.3 is 0 Å². The first kappa shape index (κ1) is 14.8. The molecular weight excluding hydrogens is 264 g/mol. The van der Waals surface area contributed by atoms with Crippen LogP contribution in [0.25, 0.3) is 0 Å². The third-order valence-electron chi connectivity index (χ3n) is 3.10. The molecule has 0 unspecified atom stereocenters. The summed E-state index contributed by atoms with van der Waals surface area (Å²) in [6.45, 7) is 4.05. The van der Waals surface area contributed by atoms with Gasteiger partial charge in [0, 0.05) is 24.7 Å². The molecule has 3 N–H and O–H groups in total. The predicted octanol–water partition coefficient (Wildman–Crippen LogP) is 2.53. The van der Waals surface area contributed by atoms with Crippen molar-refractivity contribution in [2.24, 2.45) is 5.84 Å². The second kappa shape index (κ2) is 6.20. The van der Waals surface area contributed by atoms with Crippen LogP contribution in [0.2, 0.25) is 0 Å². The number of nitriles is 1. The summed E-state index contributed by atoms with van der Waals surface area (Å²) in [5.74, 6) is 7.65. The van der Waals surface area contributed by atoms with Crippen LogP contribution in [0.1, 0.15) is 31.2 Å². The van der Waals surface area contributed by atoms with E-state index in [4.69, 9.17) is 11.1 Å². The normalized spacial score (nSPS) is 10.3. The summed E-state index contributed by atoms with van der Waals surface area (Å²) in [5, 5.41) is 8.99. The first-order valence-corrected chi connectivity index (χ1v) is 6.64. The van der Waals surface area contributed by atoms with Crippen LogP contribution in [0.5, 0.6) is 0 Å². The van der Waals surface area contributed by atoms with E-state index in [1.165, 1.54) is 0 Å². The molecule has 0 atom stereocenters. The molecule has 0 amide bonds. The fraction of sp³-hybridized carbons (Fsp3) is 0.267. The highest BCUT2D eigenvalue weighted by atomic mass is 15.3. The van der Waals surface area contributed by atoms with E-state index in [9.17, 15) is 0 Å². The van der Waals surface area contributed by atoms with Crippen LogP contribution >= 0.6 is 0 Å². The smallest absolute Gasteiger partial charge is 0.145 e. The molecule has 2 aromatic rings. The molecule has 0 aliphatic heterocycles. The number of nitrogens with one attached hydrogen (secondary N) is 1. The van der Waals surface area contributed by atoms with E-state index in [2.05, 4.69) is 21.5 Å². The van der Waals surface area contributed by atoms with E-state index in [-0.39, 0.29) is 5.92 Å². The Morgan fingerprint density at radius 1 is 1.29 bits per heavy atom. The van der Waals surface area contributed by atoms with Gasteiger partial charge in [-0.05, 0) is 18.2 Å². The lowest BCUT2D eigenvalue weighted by molar-refractivity contribution is 0.773. The highest BCUT2D eigenvalue weighted by molar-refractivity contribution is 5.63. The summed E-state index contributed by atoms with van der Waals surface area (Å²) in [6.07, 6.45) is 0. The number of nitrogens with zero attached hydrogens (tertiary/aromatic N) is 4. The topological polar surface area (TPSA) is 90.9 Å². The average molecular weight is 282 g/mol. The van der Waals surface area contributed by atoms with Crippen LogP contribution in [0.15, 0.2) is 30.3 Å². The Morgan fingerprint density at radius 3 is 2.67 bits per heavy atom. The van der Waals surface area contributed by atoms with Crippen LogP contribution < -0.4 is 16.2 Å². The summed E-state index contributed by atoms with van der Waals surface area (Å²) in [5.41, 5.74) is 4.05. The molecule has 0 aliphatic carbocycles. The first-order chi connectivity index (χ1) is 10.0. The number of hydrogen-bond acceptors (Lipinski definition) is 6. The van der Waals surface area contributed by atoms with Crippen LogP contribution in [0.4, 0.5) is 17.3 Å². The van der Waals surface area contributed by atoms with Gasteiger partial charge in [-0.3, -0.25) is 0 Å². The second-order valence-electron chi connectivity index (χ2n) is 4.99. The monoisotopic (exact) mass is 282 g/mol. The lowest BCUT2D eigenvalue weighted by atomic mass is 10.2. The van der Waals surface area contributed by atoms with Gasteiger partial charge in [0.25, 0.3) is 0 Å². The van der Waals surface area contributed by atoms with Crippen molar-refractivity contribution in [1.82, 2.24) is 9.97 Å². The molecule has 0 fully saturated rings. The molecular formula is C15H18N6. The molecule has 21 heavy (non-hydrogen) atoms. The Labute approximate surface area is 124 Å². The quantitative estimate of drug-likeness (QED) is 0.661. The number of nitrogen functional groups attached to an aromatic ring is 1. The maximum atomic E-state index is 8.99. The van der Waals surface area contributed by atoms with Gasteiger partial charge < -0.3 is 10.3 Å². The molecule has 0 saturated carbocycles. The summed E-state index contributed by atoms with van der Waals surface area (Å²) >= 11 is 0. The van der Waals surface area contributed by atoms with E-state index < -0.39 is 0 Å². The zero-order valence-electron chi connectivity index (χ0n) is 12.3. The minimum atomic E-state index is 0.191. The predicted molar refractivity (Wildman–Crippen MR) is 83.2 cm³/mol. The van der Waals surface area contributed by atoms with Crippen molar-refractivity contribution in [3.05, 3.63) is 41.7 Å². The van der Waals surface area contributed by atoms with Crippen molar-refractivity contribution in [3.8, 4) is 6.07 Å². The lowest BCUT2D eigenvalue weighted by Gasteiger charge is -2.20. The molecule has 0 saturated heterocycles. The zero-order valence-corrected chi connectivity index (χ0v) is 12.3. The summed E-state index contributed by atoms with van der Waals surface area (Å²) < 4.78 is 0. The number of anilines is 3. The van der Waals surface area contributed by atoms with Crippen molar-refractivity contribution in [2.75, 3.05) is 17.4 Å². The Hall–Kier alpha value is -2.65. The van der Waals surface area contributed by atoms with E-state index in [1.54, 1.807) is 12.1 Å². The minimum absolute atomic E-state index is 0.191. The molecule has 2 rings (SSSR count). The highest BCUT2D eigenvalue weighted by Gasteiger charge is 2.12. The number of hydrogen-bond donors (Lipinski definition) is 2. The molecule has 6 heteroatoms. The molecule has 0 aliphatic rings. The van der Waals surface area contributed by atoms with Gasteiger partial charge in [-0.1, -0.05) is 19.9 Å². The Morgan fingerprint density at radius 2 is 2.05 bits per heavy atom. The molecule has 0 spiro atoms. The summed E-state index contributed by atoms with van der Waals surface area (Å²) in [7, 11) is 1.89. The van der Waals surface area contributed by atoms with E-state index >= 15 is 0 Å². The minimum Gasteiger partial charge on any atom is -0.329 e. The van der Waals surface area contributed by atoms with Crippen LogP contribution in [0, 0.1) is 11.3 Å². The SMILES string of the molecule is CC(C)c1nc(NN)cc(N(C)c2cccc(C#N)c2)n1. The molecule has 1 aromatic carbocycles. The number of nitrogens with two attached hydrogens (primary N) is 1. The van der Waals surface area contributed by atoms with Gasteiger partial charge in [-0.25, -0.2) is 15.8 Å². The molecule has 0 radical (unpaired) electrons. The number of benzene rings is 1. The molecule has 1 heterocycles. The number of rotatable bonds is 4. The van der Waals surface area contributed by atoms with Crippen molar-refractivity contribution in [2.45, 2.75) is 19.8 Å². The standard InChI is InChI=1S/C15H18N6/c1-10(2)15-18-13(20-17)8-14(19-15)21(3)12-6-4-5-11(7-12)9-16/h4-8,10H,17H2,1-3H3,(H,18,19,20). The molecule has 6 nitrogen and oxygen atoms in total. The average Bonchev–Trinajstić information content (AvgIpc) is 2.53. The lowest BCUT2D eigenvalue weighted by Crippen LogP contribution is -2.16. The maximum Gasteiger partial charge on any atom is 0.145 e. The molecule has 0 bridgehead atoms. The Kier molecular flexibility index (Phi) is 4.36. The third kappa shape index (κ3) is 3.27. The Balaban J connectivity index is 2.44. The van der Waals surface area contributed by atoms with Gasteiger partial charge in [-0.15, -0.1) is 0 Å². The Bertz CT molecular complexity index is 674. The summed E-state index contributed by atoms with van der Waals surface area (Å²) in [6, 6.07) is 11.3. The van der Waals surface area contributed by atoms with Gasteiger partial charge in [0.1, 0.15) is 17.5 Å². The zero-order chi connectivity index (χ0) is 15.4. The maximum absolute atomic E-state index is 8.99. The highest BCUT2D eigenvalue weighted by Crippen LogP contribution is 2.25. The van der Waals surface area contributed by atoms with Crippen molar-refractivity contribution in [3.63, 3.8) is 0 Å². The molecule has 108 valence electrons. The van der Waals surface area contributed by atoms with Crippen molar-refractivity contribution < 1.29 is 0 Å². The molecule has 1 aromatic heterocycles. The van der Waals surface area contributed by atoms with Gasteiger partial charge in [0.2, 0.25) is 0 Å². The third-order valence-corrected chi connectivity index (χ3v) is 3.10. The fourth-order valence-electron chi connectivity index (χ4n) is 1.87. The van der Waals surface area contributed by atoms with Crippen LogP contribution in [-0.2, 0) is 0 Å². The largest absolute Gasteiger partial charge is 0.329 e. The van der Waals surface area contributed by atoms with Gasteiger partial charge in [0.15, 0.2) is 0 Å². The van der Waals surface area contributed by atoms with Gasteiger partial charge in [0.05, 0.1) is 11.6 Å². The van der Waals surface area contributed by atoms with E-state index in [1.807, 2.05) is 44.0 Å². The van der Waals surface area contributed by atoms with E-state index in [0.717, 1.165) is 11.5 Å². The van der Waals surface area contributed by atoms with Gasteiger partial charge in [-0.2, -0.15) is 5.26 Å². The first-order valence-electron chi connectivity index (χ1n) is 6.64. The van der Waals surface area contributed by atoms with Crippen molar-refractivity contribution in [1.29, 1.82) is 5.26 Å². The van der Waals surface area contributed by atoms with Crippen LogP contribution in [-0.4, -0.2) is 17.0 Å².